The molecule has 2 aromatic rings. The number of aliphatic hydroxyl groups is 2. The molecule has 22 heavy (non-hydrogen) atoms. The number of nitrogens with zero attached hydrogens (tertiary/aromatic N) is 1. The largest absolute Gasteiger partial charge is 0.399 e. The highest BCUT2D eigenvalue weighted by Gasteiger charge is 2.09. The molecule has 0 heterocycles. The minimum Gasteiger partial charge on any atom is -0.399 e. The van der Waals surface area contributed by atoms with Crippen LogP contribution in [-0.4, -0.2) is 15.1 Å². The molecule has 0 atom stereocenters. The summed E-state index contributed by atoms with van der Waals surface area (Å²) in [5.41, 5.74) is 9.47. The van der Waals surface area contributed by atoms with Gasteiger partial charge in [0.15, 0.2) is 0 Å². The molecule has 0 radical (unpaired) electrons. The number of anilines is 1. The third kappa shape index (κ3) is 4.83. The summed E-state index contributed by atoms with van der Waals surface area (Å²) in [6.45, 7) is 3.50. The summed E-state index contributed by atoms with van der Waals surface area (Å²) in [4.78, 5) is 9.96. The molecular weight excluding hydrogens is 284 g/mol. The van der Waals surface area contributed by atoms with Crippen LogP contribution in [0.15, 0.2) is 36.4 Å². The van der Waals surface area contributed by atoms with Gasteiger partial charge in [-0.05, 0) is 36.6 Å². The molecule has 0 amide bonds. The van der Waals surface area contributed by atoms with Crippen LogP contribution in [0.5, 0.6) is 0 Å². The minimum atomic E-state index is -0.450. The van der Waals surface area contributed by atoms with E-state index in [1.54, 1.807) is 25.1 Å². The number of nitro groups is 1. The second kappa shape index (κ2) is 8.11. The van der Waals surface area contributed by atoms with Crippen molar-refractivity contribution in [3.63, 3.8) is 0 Å². The highest BCUT2D eigenvalue weighted by atomic mass is 16.6. The quantitative estimate of drug-likeness (QED) is 0.458. The van der Waals surface area contributed by atoms with Gasteiger partial charge in [0, 0.05) is 17.3 Å². The second-order valence-electron chi connectivity index (χ2n) is 4.89. The van der Waals surface area contributed by atoms with E-state index < -0.39 is 4.92 Å². The standard InChI is InChI=1S/C8H9NO3.C8H11NO/c1-6-2-3-7(5-10)4-8(6)9(11)12;1-6-2-3-7(5-10)4-8(6)9/h2-4,10H,5H2,1H3;2-4,10H,5,9H2,1H3. The number of aryl methyl sites for hydroxylation is 2. The van der Waals surface area contributed by atoms with E-state index in [0.29, 0.717) is 11.1 Å². The molecule has 0 saturated heterocycles. The Kier molecular flexibility index (Phi) is 6.49. The van der Waals surface area contributed by atoms with Crippen LogP contribution in [-0.2, 0) is 13.2 Å². The zero-order chi connectivity index (χ0) is 16.7. The maximum absolute atomic E-state index is 10.4. The maximum Gasteiger partial charge on any atom is 0.272 e. The highest BCUT2D eigenvalue weighted by molar-refractivity contribution is 5.48. The summed E-state index contributed by atoms with van der Waals surface area (Å²) in [5.74, 6) is 0. The summed E-state index contributed by atoms with van der Waals surface area (Å²) in [6.07, 6.45) is 0. The number of rotatable bonds is 3. The SMILES string of the molecule is Cc1ccc(CO)cc1N.Cc1ccc(CO)cc1[N+](=O)[O-]. The van der Waals surface area contributed by atoms with Gasteiger partial charge in [-0.1, -0.05) is 24.3 Å². The molecular formula is C16H20N2O4. The van der Waals surface area contributed by atoms with Crippen molar-refractivity contribution in [1.82, 2.24) is 0 Å². The van der Waals surface area contributed by atoms with E-state index in [1.165, 1.54) is 6.07 Å². The topological polar surface area (TPSA) is 110 Å². The summed E-state index contributed by atoms with van der Waals surface area (Å²) in [7, 11) is 0. The predicted octanol–water partition coefficient (Wildman–Crippen LogP) is 2.47. The summed E-state index contributed by atoms with van der Waals surface area (Å²) in [5, 5.41) is 27.8. The van der Waals surface area contributed by atoms with Crippen molar-refractivity contribution < 1.29 is 15.1 Å². The lowest BCUT2D eigenvalue weighted by Gasteiger charge is -2.00. The normalized spacial score (nSPS) is 9.82. The van der Waals surface area contributed by atoms with Gasteiger partial charge < -0.3 is 15.9 Å². The molecule has 0 aliphatic heterocycles. The van der Waals surface area contributed by atoms with Crippen LogP contribution in [0.1, 0.15) is 22.3 Å². The van der Waals surface area contributed by atoms with Crippen molar-refractivity contribution >= 4 is 11.4 Å². The Labute approximate surface area is 129 Å². The first-order valence-corrected chi connectivity index (χ1v) is 6.69. The lowest BCUT2D eigenvalue weighted by Crippen LogP contribution is -1.93. The van der Waals surface area contributed by atoms with E-state index >= 15 is 0 Å². The molecule has 0 spiro atoms. The smallest absolute Gasteiger partial charge is 0.272 e. The van der Waals surface area contributed by atoms with Gasteiger partial charge in [-0.25, -0.2) is 0 Å². The lowest BCUT2D eigenvalue weighted by molar-refractivity contribution is -0.385. The summed E-state index contributed by atoms with van der Waals surface area (Å²) < 4.78 is 0. The van der Waals surface area contributed by atoms with Crippen LogP contribution < -0.4 is 5.73 Å². The van der Waals surface area contributed by atoms with E-state index in [9.17, 15) is 10.1 Å². The minimum absolute atomic E-state index is 0.0570. The van der Waals surface area contributed by atoms with Crippen LogP contribution in [0.4, 0.5) is 11.4 Å². The van der Waals surface area contributed by atoms with Gasteiger partial charge in [0.25, 0.3) is 5.69 Å². The van der Waals surface area contributed by atoms with Gasteiger partial charge in [0.2, 0.25) is 0 Å². The molecule has 0 aromatic heterocycles. The highest BCUT2D eigenvalue weighted by Crippen LogP contribution is 2.18. The average Bonchev–Trinajstić information content (AvgIpc) is 2.51. The molecule has 0 saturated carbocycles. The number of aliphatic hydroxyl groups excluding tert-OH is 2. The van der Waals surface area contributed by atoms with Gasteiger partial charge >= 0.3 is 0 Å². The Morgan fingerprint density at radius 3 is 1.95 bits per heavy atom. The van der Waals surface area contributed by atoms with E-state index in [4.69, 9.17) is 15.9 Å². The van der Waals surface area contributed by atoms with Crippen molar-refractivity contribution in [2.45, 2.75) is 27.1 Å². The Bertz CT molecular complexity index is 657. The van der Waals surface area contributed by atoms with Gasteiger partial charge in [-0.3, -0.25) is 10.1 Å². The maximum atomic E-state index is 10.4. The van der Waals surface area contributed by atoms with Gasteiger partial charge in [-0.2, -0.15) is 0 Å². The van der Waals surface area contributed by atoms with Crippen LogP contribution in [0.2, 0.25) is 0 Å². The van der Waals surface area contributed by atoms with E-state index in [0.717, 1.165) is 16.8 Å². The van der Waals surface area contributed by atoms with E-state index in [1.807, 2.05) is 19.1 Å². The second-order valence-corrected chi connectivity index (χ2v) is 4.89. The van der Waals surface area contributed by atoms with Crippen LogP contribution >= 0.6 is 0 Å². The first-order valence-electron chi connectivity index (χ1n) is 6.69. The Balaban J connectivity index is 0.000000224. The molecule has 6 nitrogen and oxygen atoms in total. The summed E-state index contributed by atoms with van der Waals surface area (Å²) in [6, 6.07) is 10.2. The van der Waals surface area contributed by atoms with E-state index in [2.05, 4.69) is 0 Å². The molecule has 0 bridgehead atoms. The molecule has 0 unspecified atom stereocenters. The first-order chi connectivity index (χ1) is 10.4. The van der Waals surface area contributed by atoms with Crippen molar-refractivity contribution in [3.8, 4) is 0 Å². The molecule has 4 N–H and O–H groups in total. The molecule has 0 aliphatic carbocycles. The van der Waals surface area contributed by atoms with Gasteiger partial charge in [0.1, 0.15) is 0 Å². The van der Waals surface area contributed by atoms with E-state index in [-0.39, 0.29) is 18.9 Å². The van der Waals surface area contributed by atoms with Crippen molar-refractivity contribution in [2.24, 2.45) is 0 Å². The number of benzene rings is 2. The number of hydrogen-bond acceptors (Lipinski definition) is 5. The number of hydrogen-bond donors (Lipinski definition) is 3. The fourth-order valence-electron chi connectivity index (χ4n) is 1.74. The predicted molar refractivity (Wildman–Crippen MR) is 85.3 cm³/mol. The van der Waals surface area contributed by atoms with Crippen LogP contribution in [0.3, 0.4) is 0 Å². The van der Waals surface area contributed by atoms with Crippen LogP contribution in [0, 0.1) is 24.0 Å². The van der Waals surface area contributed by atoms with Gasteiger partial charge in [0.05, 0.1) is 18.1 Å². The summed E-state index contributed by atoms with van der Waals surface area (Å²) >= 11 is 0. The van der Waals surface area contributed by atoms with Crippen molar-refractivity contribution in [1.29, 1.82) is 0 Å². The molecule has 6 heteroatoms. The molecule has 118 valence electrons. The monoisotopic (exact) mass is 304 g/mol. The fraction of sp³-hybridized carbons (Fsp3) is 0.250. The number of nitro benzene ring substituents is 1. The molecule has 2 rings (SSSR count). The third-order valence-corrected chi connectivity index (χ3v) is 3.18. The fourth-order valence-corrected chi connectivity index (χ4v) is 1.74. The van der Waals surface area contributed by atoms with Crippen molar-refractivity contribution in [3.05, 3.63) is 68.8 Å². The lowest BCUT2D eigenvalue weighted by atomic mass is 10.1. The zero-order valence-corrected chi connectivity index (χ0v) is 12.6. The number of nitrogen functional groups attached to an aromatic ring is 1. The van der Waals surface area contributed by atoms with Gasteiger partial charge in [-0.15, -0.1) is 0 Å². The Morgan fingerprint density at radius 1 is 1.00 bits per heavy atom. The van der Waals surface area contributed by atoms with Crippen LogP contribution in [0.25, 0.3) is 0 Å². The van der Waals surface area contributed by atoms with Crippen molar-refractivity contribution in [2.75, 3.05) is 5.73 Å². The third-order valence-electron chi connectivity index (χ3n) is 3.18. The average molecular weight is 304 g/mol. The Hall–Kier alpha value is -2.44. The number of nitrogens with two attached hydrogens (primary N) is 1. The zero-order valence-electron chi connectivity index (χ0n) is 12.6. The molecule has 0 aliphatic rings. The molecule has 0 fully saturated rings. The molecule has 2 aromatic carbocycles. The first kappa shape index (κ1) is 17.6. The Morgan fingerprint density at radius 2 is 1.50 bits per heavy atom.